The van der Waals surface area contributed by atoms with E-state index in [4.69, 9.17) is 14.2 Å². The maximum absolute atomic E-state index is 12.4. The number of esters is 2. The molecule has 0 saturated heterocycles. The first-order valence-electron chi connectivity index (χ1n) is 16.2. The largest absolute Gasteiger partial charge is 0.544 e. The Bertz CT molecular complexity index is 702. The fourth-order valence-electron chi connectivity index (χ4n) is 4.56. The number of unbranched alkanes of at least 4 members (excludes halogenated alkanes) is 12. The van der Waals surface area contributed by atoms with Gasteiger partial charge in [-0.3, -0.25) is 9.59 Å². The molecular weight excluding hydrogens is 522 g/mol. The molecule has 0 rings (SSSR count). The summed E-state index contributed by atoms with van der Waals surface area (Å²) in [6, 6.07) is -0.723. The highest BCUT2D eigenvalue weighted by molar-refractivity contribution is 5.70. The Kier molecular flexibility index (Phi) is 24.5. The number of carboxylic acid groups (broad SMARTS) is 1. The highest BCUT2D eigenvalue weighted by atomic mass is 16.6. The number of ether oxygens (including phenoxy) is 3. The van der Waals surface area contributed by atoms with Gasteiger partial charge in [-0.15, -0.1) is 0 Å². The van der Waals surface area contributed by atoms with Gasteiger partial charge in [-0.1, -0.05) is 96.6 Å². The molecule has 0 aromatic rings. The van der Waals surface area contributed by atoms with Crippen molar-refractivity contribution in [3.05, 3.63) is 12.2 Å². The summed E-state index contributed by atoms with van der Waals surface area (Å²) in [5.74, 6) is -1.81. The third-order valence-corrected chi connectivity index (χ3v) is 7.17. The first kappa shape index (κ1) is 39.1. The van der Waals surface area contributed by atoms with Crippen LogP contribution >= 0.6 is 0 Å². The predicted octanol–water partition coefficient (Wildman–Crippen LogP) is 5.90. The first-order valence-corrected chi connectivity index (χ1v) is 16.2. The maximum Gasteiger partial charge on any atom is 0.306 e. The zero-order valence-electron chi connectivity index (χ0n) is 27.0. The van der Waals surface area contributed by atoms with E-state index in [9.17, 15) is 19.5 Å². The molecule has 240 valence electrons. The molecule has 0 saturated carbocycles. The molecule has 0 aliphatic carbocycles. The molecule has 8 nitrogen and oxygen atoms in total. The Morgan fingerprint density at radius 2 is 1.27 bits per heavy atom. The number of hydrogen-bond donors (Lipinski definition) is 0. The Balaban J connectivity index is 4.55. The molecule has 0 amide bonds. The third kappa shape index (κ3) is 24.4. The normalized spacial score (nSPS) is 13.3. The summed E-state index contributed by atoms with van der Waals surface area (Å²) in [5, 5.41) is 11.5. The Labute approximate surface area is 250 Å². The lowest BCUT2D eigenvalue weighted by atomic mass is 10.1. The van der Waals surface area contributed by atoms with Crippen molar-refractivity contribution in [2.24, 2.45) is 0 Å². The lowest BCUT2D eigenvalue weighted by Gasteiger charge is -2.34. The minimum absolute atomic E-state index is 0.0290. The van der Waals surface area contributed by atoms with Gasteiger partial charge in [-0.2, -0.15) is 0 Å². The molecule has 0 aromatic carbocycles. The van der Waals surface area contributed by atoms with E-state index in [1.165, 1.54) is 57.8 Å². The van der Waals surface area contributed by atoms with Crippen LogP contribution in [0.25, 0.3) is 0 Å². The number of carboxylic acids is 1. The molecule has 0 aromatic heterocycles. The Morgan fingerprint density at radius 3 is 1.85 bits per heavy atom. The minimum atomic E-state index is -1.13. The zero-order chi connectivity index (χ0) is 30.8. The summed E-state index contributed by atoms with van der Waals surface area (Å²) in [7, 11) is 5.37. The number of allylic oxidation sites excluding steroid dienone is 2. The number of carbonyl (C=O) groups excluding carboxylic acids is 3. The van der Waals surface area contributed by atoms with E-state index >= 15 is 0 Å². The van der Waals surface area contributed by atoms with Crippen LogP contribution < -0.4 is 5.11 Å². The number of aliphatic carboxylic acids is 1. The van der Waals surface area contributed by atoms with Gasteiger partial charge in [0.25, 0.3) is 0 Å². The van der Waals surface area contributed by atoms with Crippen molar-refractivity contribution in [3.8, 4) is 0 Å². The third-order valence-electron chi connectivity index (χ3n) is 7.17. The van der Waals surface area contributed by atoms with Gasteiger partial charge in [0.2, 0.25) is 0 Å². The van der Waals surface area contributed by atoms with E-state index in [-0.39, 0.29) is 49.1 Å². The van der Waals surface area contributed by atoms with Gasteiger partial charge in [0.15, 0.2) is 6.10 Å². The van der Waals surface area contributed by atoms with Gasteiger partial charge < -0.3 is 28.6 Å². The van der Waals surface area contributed by atoms with Crippen molar-refractivity contribution in [2.75, 3.05) is 41.0 Å². The molecule has 0 heterocycles. The summed E-state index contributed by atoms with van der Waals surface area (Å²) in [6.45, 7) is 4.52. The molecular formula is C33H61NO7. The van der Waals surface area contributed by atoms with Gasteiger partial charge >= 0.3 is 11.9 Å². The number of hydrogen-bond acceptors (Lipinski definition) is 7. The number of quaternary nitrogens is 1. The fourth-order valence-corrected chi connectivity index (χ4v) is 4.56. The highest BCUT2D eigenvalue weighted by Gasteiger charge is 2.25. The monoisotopic (exact) mass is 583 g/mol. The Hall–Kier alpha value is -1.93. The number of rotatable bonds is 28. The van der Waals surface area contributed by atoms with Crippen molar-refractivity contribution in [3.63, 3.8) is 0 Å². The predicted molar refractivity (Wildman–Crippen MR) is 162 cm³/mol. The van der Waals surface area contributed by atoms with Gasteiger partial charge in [0.05, 0.1) is 40.3 Å². The van der Waals surface area contributed by atoms with Crippen LogP contribution in [0.2, 0.25) is 0 Å². The van der Waals surface area contributed by atoms with Crippen molar-refractivity contribution in [1.29, 1.82) is 0 Å². The molecule has 0 spiro atoms. The molecule has 2 unspecified atom stereocenters. The van der Waals surface area contributed by atoms with Crippen molar-refractivity contribution in [1.82, 2.24) is 0 Å². The molecule has 0 aliphatic heterocycles. The number of nitrogens with zero attached hydrogens (tertiary/aromatic N) is 1. The van der Waals surface area contributed by atoms with Crippen molar-refractivity contribution < 1.29 is 38.2 Å². The zero-order valence-corrected chi connectivity index (χ0v) is 27.0. The van der Waals surface area contributed by atoms with E-state index in [1.807, 2.05) is 6.08 Å². The van der Waals surface area contributed by atoms with E-state index in [0.29, 0.717) is 12.8 Å². The smallest absolute Gasteiger partial charge is 0.306 e. The van der Waals surface area contributed by atoms with E-state index in [2.05, 4.69) is 19.9 Å². The summed E-state index contributed by atoms with van der Waals surface area (Å²) in [5.41, 5.74) is 0. The molecule has 0 radical (unpaired) electrons. The van der Waals surface area contributed by atoms with Crippen molar-refractivity contribution >= 4 is 17.9 Å². The van der Waals surface area contributed by atoms with Crippen molar-refractivity contribution in [2.45, 2.75) is 142 Å². The first-order chi connectivity index (χ1) is 19.6. The van der Waals surface area contributed by atoms with E-state index < -0.39 is 18.1 Å². The van der Waals surface area contributed by atoms with Gasteiger partial charge in [-0.25, -0.2) is 0 Å². The minimum Gasteiger partial charge on any atom is -0.544 e. The average Bonchev–Trinajstić information content (AvgIpc) is 2.91. The second-order valence-electron chi connectivity index (χ2n) is 12.0. The molecule has 0 aliphatic rings. The van der Waals surface area contributed by atoms with Crippen LogP contribution in [0, 0.1) is 0 Å². The summed E-state index contributed by atoms with van der Waals surface area (Å²) < 4.78 is 16.9. The van der Waals surface area contributed by atoms with Gasteiger partial charge in [-0.05, 0) is 25.7 Å². The lowest BCUT2D eigenvalue weighted by molar-refractivity contribution is -0.889. The Morgan fingerprint density at radius 1 is 0.707 bits per heavy atom. The molecule has 0 bridgehead atoms. The summed E-state index contributed by atoms with van der Waals surface area (Å²) in [4.78, 5) is 36.2. The van der Waals surface area contributed by atoms with E-state index in [0.717, 1.165) is 32.1 Å². The van der Waals surface area contributed by atoms with Crippen LogP contribution in [0.1, 0.15) is 129 Å². The fraction of sp³-hybridized carbons (Fsp3) is 0.848. The van der Waals surface area contributed by atoms with Crippen LogP contribution in [-0.4, -0.2) is 75.5 Å². The second kappa shape index (κ2) is 25.8. The van der Waals surface area contributed by atoms with Gasteiger partial charge in [0.1, 0.15) is 12.6 Å². The van der Waals surface area contributed by atoms with Crippen LogP contribution in [0.4, 0.5) is 0 Å². The topological polar surface area (TPSA) is 102 Å². The molecule has 41 heavy (non-hydrogen) atoms. The molecule has 2 atom stereocenters. The maximum atomic E-state index is 12.4. The van der Waals surface area contributed by atoms with Crippen LogP contribution in [0.5, 0.6) is 0 Å². The number of likely N-dealkylation sites (N-methyl/N-ethyl adjacent to an activating group) is 1. The lowest BCUT2D eigenvalue weighted by Crippen LogP contribution is -2.55. The molecule has 8 heteroatoms. The summed E-state index contributed by atoms with van der Waals surface area (Å²) in [6.07, 6.45) is 21.2. The standard InChI is InChI=1S/C33H61NO7/c1-6-8-10-12-14-16-18-19-21-23-31(35)40-28-29(27-39-26-25-30(33(37)38)34(3,4)5)41-32(36)24-22-20-17-15-13-11-9-7-2/h17,20,29-30H,6-16,18-19,21-28H2,1-5H3/b20-17+. The highest BCUT2D eigenvalue weighted by Crippen LogP contribution is 2.12. The molecule has 0 N–H and O–H groups in total. The van der Waals surface area contributed by atoms with Gasteiger partial charge in [0, 0.05) is 19.3 Å². The van der Waals surface area contributed by atoms with Crippen LogP contribution in [-0.2, 0) is 28.6 Å². The summed E-state index contributed by atoms with van der Waals surface area (Å²) >= 11 is 0. The SMILES string of the molecule is CCCCCC/C=C/CCC(=O)OC(COCCC(C(=O)[O-])[N+](C)(C)C)COC(=O)CCCCCCCCCCC. The van der Waals surface area contributed by atoms with Crippen LogP contribution in [0.3, 0.4) is 0 Å². The quantitative estimate of drug-likeness (QED) is 0.0489. The van der Waals surface area contributed by atoms with Crippen LogP contribution in [0.15, 0.2) is 12.2 Å². The second-order valence-corrected chi connectivity index (χ2v) is 12.0. The molecule has 0 fully saturated rings. The van der Waals surface area contributed by atoms with E-state index in [1.54, 1.807) is 21.1 Å². The average molecular weight is 584 g/mol. The number of carbonyl (C=O) groups is 3.